The second kappa shape index (κ2) is 7.00. The van der Waals surface area contributed by atoms with Crippen LogP contribution in [0.5, 0.6) is 0 Å². The van der Waals surface area contributed by atoms with E-state index in [1.807, 2.05) is 0 Å². The molecule has 0 aliphatic carbocycles. The molecule has 0 aliphatic rings. The standard InChI is InChI=1S/C15H12ClFN2O3/c1-9(14(20)19-12-7-3-2-6-11(12)17)22-15(21)10-5-4-8-18-13(10)16/h2-9H,1H3,(H,19,20). The zero-order valence-corrected chi connectivity index (χ0v) is 12.3. The van der Waals surface area contributed by atoms with Gasteiger partial charge in [0.1, 0.15) is 11.0 Å². The summed E-state index contributed by atoms with van der Waals surface area (Å²) in [6.07, 6.45) is 0.302. The maximum atomic E-state index is 13.4. The van der Waals surface area contributed by atoms with Gasteiger partial charge in [0.15, 0.2) is 6.10 Å². The van der Waals surface area contributed by atoms with Gasteiger partial charge in [0.05, 0.1) is 11.3 Å². The highest BCUT2D eigenvalue weighted by molar-refractivity contribution is 6.32. The average Bonchev–Trinajstić information content (AvgIpc) is 2.49. The molecule has 1 amide bonds. The summed E-state index contributed by atoms with van der Waals surface area (Å²) in [6, 6.07) is 8.64. The van der Waals surface area contributed by atoms with Crippen LogP contribution in [-0.2, 0) is 9.53 Å². The molecule has 22 heavy (non-hydrogen) atoms. The van der Waals surface area contributed by atoms with E-state index in [1.165, 1.54) is 43.5 Å². The number of amides is 1. The van der Waals surface area contributed by atoms with Gasteiger partial charge in [-0.1, -0.05) is 23.7 Å². The fraction of sp³-hybridized carbons (Fsp3) is 0.133. The lowest BCUT2D eigenvalue weighted by Crippen LogP contribution is -2.30. The third-order valence-electron chi connectivity index (χ3n) is 2.76. The number of nitrogens with zero attached hydrogens (tertiary/aromatic N) is 1. The smallest absolute Gasteiger partial charge is 0.342 e. The van der Waals surface area contributed by atoms with Crippen molar-refractivity contribution in [3.63, 3.8) is 0 Å². The van der Waals surface area contributed by atoms with Crippen molar-refractivity contribution < 1.29 is 18.7 Å². The summed E-state index contributed by atoms with van der Waals surface area (Å²) < 4.78 is 18.4. The first-order valence-corrected chi connectivity index (χ1v) is 6.73. The number of para-hydroxylation sites is 1. The number of rotatable bonds is 4. The Morgan fingerprint density at radius 3 is 2.68 bits per heavy atom. The van der Waals surface area contributed by atoms with Gasteiger partial charge in [0, 0.05) is 6.20 Å². The van der Waals surface area contributed by atoms with E-state index in [4.69, 9.17) is 16.3 Å². The molecule has 0 radical (unpaired) electrons. The van der Waals surface area contributed by atoms with Crippen LogP contribution >= 0.6 is 11.6 Å². The minimum Gasteiger partial charge on any atom is -0.449 e. The molecule has 0 fully saturated rings. The van der Waals surface area contributed by atoms with Crippen molar-refractivity contribution in [1.29, 1.82) is 0 Å². The fourth-order valence-corrected chi connectivity index (χ4v) is 1.81. The van der Waals surface area contributed by atoms with Crippen LogP contribution in [0, 0.1) is 5.82 Å². The monoisotopic (exact) mass is 322 g/mol. The number of anilines is 1. The highest BCUT2D eigenvalue weighted by Gasteiger charge is 2.21. The van der Waals surface area contributed by atoms with Gasteiger partial charge >= 0.3 is 5.97 Å². The maximum absolute atomic E-state index is 13.4. The quantitative estimate of drug-likeness (QED) is 0.694. The van der Waals surface area contributed by atoms with Crippen LogP contribution in [0.2, 0.25) is 5.15 Å². The lowest BCUT2D eigenvalue weighted by molar-refractivity contribution is -0.123. The summed E-state index contributed by atoms with van der Waals surface area (Å²) in [6.45, 7) is 1.37. The highest BCUT2D eigenvalue weighted by atomic mass is 35.5. The van der Waals surface area contributed by atoms with Crippen LogP contribution in [0.1, 0.15) is 17.3 Å². The van der Waals surface area contributed by atoms with Crippen LogP contribution in [-0.4, -0.2) is 23.0 Å². The Morgan fingerprint density at radius 1 is 1.27 bits per heavy atom. The normalized spacial score (nSPS) is 11.6. The molecule has 1 aromatic carbocycles. The number of nitrogens with one attached hydrogen (secondary N) is 1. The Bertz CT molecular complexity index is 709. The molecular weight excluding hydrogens is 311 g/mol. The Hall–Kier alpha value is -2.47. The SMILES string of the molecule is CC(OC(=O)c1cccnc1Cl)C(=O)Nc1ccccc1F. The molecule has 5 nitrogen and oxygen atoms in total. The Labute approximate surface area is 131 Å². The molecule has 2 aromatic rings. The number of hydrogen-bond acceptors (Lipinski definition) is 4. The van der Waals surface area contributed by atoms with Gasteiger partial charge in [-0.15, -0.1) is 0 Å². The number of pyridine rings is 1. The van der Waals surface area contributed by atoms with E-state index in [0.717, 1.165) is 0 Å². The van der Waals surface area contributed by atoms with Gasteiger partial charge in [0.25, 0.3) is 5.91 Å². The molecule has 1 heterocycles. The summed E-state index contributed by atoms with van der Waals surface area (Å²) in [5, 5.41) is 2.32. The molecule has 0 saturated heterocycles. The number of carbonyl (C=O) groups excluding carboxylic acids is 2. The summed E-state index contributed by atoms with van der Waals surface area (Å²) in [7, 11) is 0. The Kier molecular flexibility index (Phi) is 5.06. The van der Waals surface area contributed by atoms with Crippen LogP contribution in [0.15, 0.2) is 42.6 Å². The molecule has 2 rings (SSSR count). The molecule has 0 spiro atoms. The summed E-state index contributed by atoms with van der Waals surface area (Å²) >= 11 is 5.77. The molecular formula is C15H12ClFN2O3. The molecule has 0 saturated carbocycles. The van der Waals surface area contributed by atoms with Gasteiger partial charge in [-0.2, -0.15) is 0 Å². The molecule has 0 aliphatic heterocycles. The summed E-state index contributed by atoms with van der Waals surface area (Å²) in [5.41, 5.74) is 0.0597. The maximum Gasteiger partial charge on any atom is 0.342 e. The van der Waals surface area contributed by atoms with Crippen LogP contribution < -0.4 is 5.32 Å². The first-order chi connectivity index (χ1) is 10.5. The molecule has 1 unspecified atom stereocenters. The van der Waals surface area contributed by atoms with Crippen LogP contribution in [0.4, 0.5) is 10.1 Å². The van der Waals surface area contributed by atoms with Crippen LogP contribution in [0.3, 0.4) is 0 Å². The number of aromatic nitrogens is 1. The number of hydrogen-bond donors (Lipinski definition) is 1. The summed E-state index contributed by atoms with van der Waals surface area (Å²) in [4.78, 5) is 27.6. The molecule has 1 aromatic heterocycles. The van der Waals surface area contributed by atoms with E-state index < -0.39 is 23.8 Å². The zero-order chi connectivity index (χ0) is 16.1. The Balaban J connectivity index is 2.01. The van der Waals surface area contributed by atoms with E-state index in [0.29, 0.717) is 0 Å². The topological polar surface area (TPSA) is 68.3 Å². The minimum absolute atomic E-state index is 0.00908. The lowest BCUT2D eigenvalue weighted by atomic mass is 10.2. The third kappa shape index (κ3) is 3.79. The predicted molar refractivity (Wildman–Crippen MR) is 79.2 cm³/mol. The van der Waals surface area contributed by atoms with E-state index in [2.05, 4.69) is 10.3 Å². The number of esters is 1. The molecule has 7 heteroatoms. The van der Waals surface area contributed by atoms with Crippen molar-refractivity contribution in [3.05, 3.63) is 59.1 Å². The van der Waals surface area contributed by atoms with Crippen molar-refractivity contribution in [3.8, 4) is 0 Å². The van der Waals surface area contributed by atoms with E-state index in [1.54, 1.807) is 6.07 Å². The van der Waals surface area contributed by atoms with Gasteiger partial charge in [0.2, 0.25) is 0 Å². The van der Waals surface area contributed by atoms with Crippen LogP contribution in [0.25, 0.3) is 0 Å². The largest absolute Gasteiger partial charge is 0.449 e. The number of benzene rings is 1. The first-order valence-electron chi connectivity index (χ1n) is 6.36. The van der Waals surface area contributed by atoms with Gasteiger partial charge in [-0.25, -0.2) is 14.2 Å². The number of halogens is 2. The van der Waals surface area contributed by atoms with Gasteiger partial charge in [-0.05, 0) is 31.2 Å². The predicted octanol–water partition coefficient (Wildman–Crippen LogP) is 3.06. The van der Waals surface area contributed by atoms with Crippen molar-refractivity contribution in [2.24, 2.45) is 0 Å². The molecule has 114 valence electrons. The van der Waals surface area contributed by atoms with Crippen molar-refractivity contribution in [2.45, 2.75) is 13.0 Å². The average molecular weight is 323 g/mol. The third-order valence-corrected chi connectivity index (χ3v) is 3.06. The van der Waals surface area contributed by atoms with E-state index in [-0.39, 0.29) is 16.4 Å². The summed E-state index contributed by atoms with van der Waals surface area (Å²) in [5.74, 6) is -2.02. The van der Waals surface area contributed by atoms with E-state index in [9.17, 15) is 14.0 Å². The zero-order valence-electron chi connectivity index (χ0n) is 11.5. The van der Waals surface area contributed by atoms with Gasteiger partial charge in [-0.3, -0.25) is 4.79 Å². The highest BCUT2D eigenvalue weighted by Crippen LogP contribution is 2.15. The second-order valence-electron chi connectivity index (χ2n) is 4.36. The van der Waals surface area contributed by atoms with Crippen molar-refractivity contribution >= 4 is 29.2 Å². The lowest BCUT2D eigenvalue weighted by Gasteiger charge is -2.14. The molecule has 1 N–H and O–H groups in total. The number of ether oxygens (including phenoxy) is 1. The first kappa shape index (κ1) is 15.9. The van der Waals surface area contributed by atoms with Crippen molar-refractivity contribution in [1.82, 2.24) is 4.98 Å². The van der Waals surface area contributed by atoms with Crippen molar-refractivity contribution in [2.75, 3.05) is 5.32 Å². The van der Waals surface area contributed by atoms with Gasteiger partial charge < -0.3 is 10.1 Å². The fourth-order valence-electron chi connectivity index (χ4n) is 1.61. The molecule has 1 atom stereocenters. The Morgan fingerprint density at radius 2 is 2.00 bits per heavy atom. The molecule has 0 bridgehead atoms. The second-order valence-corrected chi connectivity index (χ2v) is 4.72. The minimum atomic E-state index is -1.12. The number of carbonyl (C=O) groups is 2. The van der Waals surface area contributed by atoms with E-state index >= 15 is 0 Å².